The molecule has 1 unspecified atom stereocenters. The molecular weight excluding hydrogens is 404 g/mol. The Morgan fingerprint density at radius 1 is 1.03 bits per heavy atom. The molecule has 9 heteroatoms. The number of hydrogen-bond donors (Lipinski definition) is 2. The van der Waals surface area contributed by atoms with Crippen LogP contribution in [0.5, 0.6) is 0 Å². The normalized spacial score (nSPS) is 12.4. The van der Waals surface area contributed by atoms with Crippen LogP contribution in [-0.4, -0.2) is 36.0 Å². The molecule has 1 amide bonds. The van der Waals surface area contributed by atoms with Gasteiger partial charge in [-0.25, -0.2) is 13.1 Å². The number of rotatable bonds is 6. The predicted octanol–water partition coefficient (Wildman–Crippen LogP) is 2.33. The molecule has 3 aromatic rings. The van der Waals surface area contributed by atoms with E-state index in [0.29, 0.717) is 17.1 Å². The van der Waals surface area contributed by atoms with Crippen molar-refractivity contribution < 1.29 is 13.2 Å². The highest BCUT2D eigenvalue weighted by molar-refractivity contribution is 7.90. The lowest BCUT2D eigenvalue weighted by Crippen LogP contribution is -2.34. The highest BCUT2D eigenvalue weighted by atomic mass is 32.2. The fourth-order valence-corrected chi connectivity index (χ4v) is 4.00. The van der Waals surface area contributed by atoms with Gasteiger partial charge < -0.3 is 10.6 Å². The Bertz CT molecular complexity index is 1240. The number of amides is 1. The number of carbonyl (C=O) groups is 1. The molecule has 0 spiro atoms. The second kappa shape index (κ2) is 8.19. The maximum atomic E-state index is 12.9. The molecule has 1 aromatic heterocycles. The smallest absolute Gasteiger partial charge is 0.295 e. The van der Waals surface area contributed by atoms with Gasteiger partial charge >= 0.3 is 0 Å². The van der Waals surface area contributed by atoms with Crippen LogP contribution < -0.4 is 16.2 Å². The zero-order valence-electron chi connectivity index (χ0n) is 17.2. The van der Waals surface area contributed by atoms with Crippen molar-refractivity contribution in [2.45, 2.75) is 24.8 Å². The summed E-state index contributed by atoms with van der Waals surface area (Å²) in [5.74, 6) is -0.454. The van der Waals surface area contributed by atoms with Gasteiger partial charge in [-0.3, -0.25) is 14.3 Å². The van der Waals surface area contributed by atoms with Crippen molar-refractivity contribution in [2.75, 3.05) is 16.9 Å². The summed E-state index contributed by atoms with van der Waals surface area (Å²) in [6.07, 6.45) is 1.11. The first-order valence-electron chi connectivity index (χ1n) is 9.31. The second-order valence-corrected chi connectivity index (χ2v) is 9.04. The van der Waals surface area contributed by atoms with Crippen molar-refractivity contribution in [3.05, 3.63) is 70.6 Å². The molecule has 0 fully saturated rings. The molecule has 0 aliphatic rings. The molecule has 1 heterocycles. The molecular formula is C21H24N4O4S. The molecule has 30 heavy (non-hydrogen) atoms. The number of hydrogen-bond acceptors (Lipinski definition) is 5. The first-order chi connectivity index (χ1) is 14.1. The van der Waals surface area contributed by atoms with E-state index in [2.05, 4.69) is 10.6 Å². The summed E-state index contributed by atoms with van der Waals surface area (Å²) in [5.41, 5.74) is 1.44. The quantitative estimate of drug-likeness (QED) is 0.627. The average molecular weight is 429 g/mol. The third-order valence-corrected chi connectivity index (χ3v) is 6.01. The number of sulfone groups is 1. The van der Waals surface area contributed by atoms with Crippen molar-refractivity contribution in [3.8, 4) is 5.69 Å². The van der Waals surface area contributed by atoms with E-state index in [-0.39, 0.29) is 16.1 Å². The molecule has 0 aliphatic heterocycles. The van der Waals surface area contributed by atoms with E-state index in [4.69, 9.17) is 0 Å². The molecule has 1 atom stereocenters. The van der Waals surface area contributed by atoms with Crippen molar-refractivity contribution in [1.29, 1.82) is 0 Å². The van der Waals surface area contributed by atoms with Crippen LogP contribution in [0.1, 0.15) is 12.6 Å². The van der Waals surface area contributed by atoms with Gasteiger partial charge in [0.2, 0.25) is 5.91 Å². The Morgan fingerprint density at radius 2 is 1.63 bits per heavy atom. The lowest BCUT2D eigenvalue weighted by Gasteiger charge is -2.17. The van der Waals surface area contributed by atoms with Crippen LogP contribution >= 0.6 is 0 Å². The van der Waals surface area contributed by atoms with Crippen molar-refractivity contribution in [2.24, 2.45) is 7.05 Å². The first-order valence-corrected chi connectivity index (χ1v) is 11.2. The van der Waals surface area contributed by atoms with Gasteiger partial charge in [0.1, 0.15) is 11.7 Å². The fourth-order valence-electron chi connectivity index (χ4n) is 3.15. The third-order valence-electron chi connectivity index (χ3n) is 4.85. The van der Waals surface area contributed by atoms with Gasteiger partial charge in [0.15, 0.2) is 9.84 Å². The standard InChI is InChI=1S/C21H24N4O4S/c1-14(22-17-12-8-9-13-18(17)30(4,28)29)20(26)23-19-15(2)24(3)25(21(19)27)16-10-6-5-7-11-16/h5-14,22H,1-4H3,(H,23,26). The Morgan fingerprint density at radius 3 is 2.27 bits per heavy atom. The molecule has 8 nitrogen and oxygen atoms in total. The molecule has 158 valence electrons. The number of aromatic nitrogens is 2. The summed E-state index contributed by atoms with van der Waals surface area (Å²) in [4.78, 5) is 25.8. The van der Waals surface area contributed by atoms with E-state index < -0.39 is 21.8 Å². The zero-order chi connectivity index (χ0) is 22.1. The Labute approximate surface area is 175 Å². The van der Waals surface area contributed by atoms with E-state index in [0.717, 1.165) is 6.26 Å². The largest absolute Gasteiger partial charge is 0.373 e. The maximum Gasteiger partial charge on any atom is 0.295 e. The summed E-state index contributed by atoms with van der Waals surface area (Å²) >= 11 is 0. The predicted molar refractivity (Wildman–Crippen MR) is 117 cm³/mol. The monoisotopic (exact) mass is 428 g/mol. The van der Waals surface area contributed by atoms with Crippen LogP contribution in [-0.2, 0) is 21.7 Å². The molecule has 0 saturated carbocycles. The summed E-state index contributed by atoms with van der Waals surface area (Å²) in [5, 5.41) is 5.60. The summed E-state index contributed by atoms with van der Waals surface area (Å²) in [6, 6.07) is 14.7. The van der Waals surface area contributed by atoms with E-state index in [1.807, 2.05) is 18.2 Å². The number of anilines is 2. The van der Waals surface area contributed by atoms with Gasteiger partial charge in [-0.2, -0.15) is 0 Å². The van der Waals surface area contributed by atoms with E-state index >= 15 is 0 Å². The molecule has 0 radical (unpaired) electrons. The molecule has 0 bridgehead atoms. The number of benzene rings is 2. The van der Waals surface area contributed by atoms with Crippen molar-refractivity contribution >= 4 is 27.1 Å². The third kappa shape index (κ3) is 4.16. The minimum Gasteiger partial charge on any atom is -0.373 e. The van der Waals surface area contributed by atoms with Crippen LogP contribution in [0.2, 0.25) is 0 Å². The molecule has 2 N–H and O–H groups in total. The van der Waals surface area contributed by atoms with Gasteiger partial charge in [-0.15, -0.1) is 0 Å². The maximum absolute atomic E-state index is 12.9. The lowest BCUT2D eigenvalue weighted by atomic mass is 10.2. The van der Waals surface area contributed by atoms with Gasteiger partial charge in [0.05, 0.1) is 22.0 Å². The average Bonchev–Trinajstić information content (AvgIpc) is 2.91. The zero-order valence-corrected chi connectivity index (χ0v) is 18.0. The first kappa shape index (κ1) is 21.4. The minimum absolute atomic E-state index is 0.104. The van der Waals surface area contributed by atoms with Gasteiger partial charge in [0, 0.05) is 13.3 Å². The number of nitrogens with zero attached hydrogens (tertiary/aromatic N) is 2. The number of para-hydroxylation sites is 2. The van der Waals surface area contributed by atoms with Crippen LogP contribution in [0, 0.1) is 6.92 Å². The SMILES string of the molecule is Cc1c(NC(=O)C(C)Nc2ccccc2S(C)(=O)=O)c(=O)n(-c2ccccc2)n1C. The van der Waals surface area contributed by atoms with Gasteiger partial charge in [0.25, 0.3) is 5.56 Å². The molecule has 2 aromatic carbocycles. The summed E-state index contributed by atoms with van der Waals surface area (Å²) in [7, 11) is -1.72. The second-order valence-electron chi connectivity index (χ2n) is 7.06. The van der Waals surface area contributed by atoms with Crippen LogP contribution in [0.25, 0.3) is 5.69 Å². The molecule has 0 saturated heterocycles. The Hall–Kier alpha value is -3.33. The summed E-state index contributed by atoms with van der Waals surface area (Å²) < 4.78 is 27.1. The van der Waals surface area contributed by atoms with Gasteiger partial charge in [-0.05, 0) is 38.1 Å². The van der Waals surface area contributed by atoms with Crippen molar-refractivity contribution in [1.82, 2.24) is 9.36 Å². The fraction of sp³-hybridized carbons (Fsp3) is 0.238. The van der Waals surface area contributed by atoms with Crippen LogP contribution in [0.15, 0.2) is 64.3 Å². The highest BCUT2D eigenvalue weighted by Gasteiger charge is 2.22. The Kier molecular flexibility index (Phi) is 5.84. The number of nitrogens with one attached hydrogen (secondary N) is 2. The molecule has 3 rings (SSSR count). The topological polar surface area (TPSA) is 102 Å². The van der Waals surface area contributed by atoms with E-state index in [1.54, 1.807) is 55.9 Å². The van der Waals surface area contributed by atoms with E-state index in [1.165, 1.54) is 10.7 Å². The van der Waals surface area contributed by atoms with Crippen molar-refractivity contribution in [3.63, 3.8) is 0 Å². The minimum atomic E-state index is -3.46. The lowest BCUT2D eigenvalue weighted by molar-refractivity contribution is -0.116. The van der Waals surface area contributed by atoms with Gasteiger partial charge in [-0.1, -0.05) is 30.3 Å². The highest BCUT2D eigenvalue weighted by Crippen LogP contribution is 2.22. The Balaban J connectivity index is 1.87. The molecule has 0 aliphatic carbocycles. The van der Waals surface area contributed by atoms with Crippen LogP contribution in [0.4, 0.5) is 11.4 Å². The van der Waals surface area contributed by atoms with E-state index in [9.17, 15) is 18.0 Å². The summed E-state index contributed by atoms with van der Waals surface area (Å²) in [6.45, 7) is 3.34. The van der Waals surface area contributed by atoms with Crippen LogP contribution in [0.3, 0.4) is 0 Å². The number of carbonyl (C=O) groups excluding carboxylic acids is 1.